The highest BCUT2D eigenvalue weighted by Gasteiger charge is 2.35. The second kappa shape index (κ2) is 12.6. The summed E-state index contributed by atoms with van der Waals surface area (Å²) in [5.74, 6) is -0.820. The Labute approximate surface area is 196 Å². The molecule has 1 aromatic carbocycles. The van der Waals surface area contributed by atoms with E-state index in [0.717, 1.165) is 12.8 Å². The number of benzene rings is 1. The van der Waals surface area contributed by atoms with E-state index in [1.807, 2.05) is 13.8 Å². The van der Waals surface area contributed by atoms with Gasteiger partial charge in [-0.1, -0.05) is 25.5 Å². The molecular weight excluding hydrogens is 430 g/mol. The highest BCUT2D eigenvalue weighted by Crippen LogP contribution is 2.25. The van der Waals surface area contributed by atoms with Gasteiger partial charge < -0.3 is 25.4 Å². The van der Waals surface area contributed by atoms with E-state index >= 15 is 0 Å². The van der Waals surface area contributed by atoms with E-state index in [0.29, 0.717) is 5.56 Å². The third kappa shape index (κ3) is 8.61. The lowest BCUT2D eigenvalue weighted by molar-refractivity contribution is -0.142. The van der Waals surface area contributed by atoms with Crippen LogP contribution in [0.4, 0.5) is 4.79 Å². The summed E-state index contributed by atoms with van der Waals surface area (Å²) >= 11 is 4.22. The highest BCUT2D eigenvalue weighted by molar-refractivity contribution is 7.80. The molecule has 0 aromatic heterocycles. The molecule has 0 fully saturated rings. The second-order valence-corrected chi connectivity index (χ2v) is 9.07. The van der Waals surface area contributed by atoms with Gasteiger partial charge in [0.2, 0.25) is 11.8 Å². The Balaban J connectivity index is 3.24. The van der Waals surface area contributed by atoms with E-state index in [9.17, 15) is 19.5 Å². The van der Waals surface area contributed by atoms with Gasteiger partial charge in [-0.15, -0.1) is 0 Å². The number of rotatable bonds is 10. The van der Waals surface area contributed by atoms with Crippen molar-refractivity contribution in [3.05, 3.63) is 29.8 Å². The molecule has 9 heteroatoms. The molecule has 3 amide bonds. The third-order valence-electron chi connectivity index (χ3n) is 4.65. The van der Waals surface area contributed by atoms with Crippen molar-refractivity contribution < 1.29 is 24.2 Å². The topological polar surface area (TPSA) is 108 Å². The van der Waals surface area contributed by atoms with Crippen LogP contribution >= 0.6 is 12.6 Å². The highest BCUT2D eigenvalue weighted by atomic mass is 32.1. The number of phenolic OH excluding ortho intramolecular Hbond substituents is 1. The van der Waals surface area contributed by atoms with Crippen molar-refractivity contribution in [3.63, 3.8) is 0 Å². The number of hydrogen-bond acceptors (Lipinski definition) is 6. The normalized spacial score (nSPS) is 14.1. The molecule has 180 valence electrons. The SMILES string of the molecule is CCCC(C)NC(=O)C(c1cccc(O)c1)N(CC)C(=O)C(CS)NC(=O)OC(C)(C)C. The average molecular weight is 468 g/mol. The fourth-order valence-corrected chi connectivity index (χ4v) is 3.54. The largest absolute Gasteiger partial charge is 0.508 e. The quantitative estimate of drug-likeness (QED) is 0.395. The number of likely N-dealkylation sites (N-methyl/N-ethyl adjacent to an activating group) is 1. The molecule has 0 aliphatic heterocycles. The van der Waals surface area contributed by atoms with Crippen LogP contribution in [-0.4, -0.2) is 57.9 Å². The molecule has 0 saturated carbocycles. The number of phenols is 1. The first-order valence-electron chi connectivity index (χ1n) is 10.9. The molecule has 0 heterocycles. The minimum absolute atomic E-state index is 0.0111. The Hall–Kier alpha value is -2.42. The van der Waals surface area contributed by atoms with Crippen molar-refractivity contribution >= 4 is 30.5 Å². The summed E-state index contributed by atoms with van der Waals surface area (Å²) in [6, 6.07) is 4.20. The van der Waals surface area contributed by atoms with Crippen LogP contribution in [0.2, 0.25) is 0 Å². The maximum absolute atomic E-state index is 13.4. The van der Waals surface area contributed by atoms with Crippen molar-refractivity contribution in [2.75, 3.05) is 12.3 Å². The number of alkyl carbamates (subject to hydrolysis) is 1. The Morgan fingerprint density at radius 1 is 1.19 bits per heavy atom. The maximum Gasteiger partial charge on any atom is 0.408 e. The molecule has 3 atom stereocenters. The molecule has 1 rings (SSSR count). The lowest BCUT2D eigenvalue weighted by Crippen LogP contribution is -2.54. The predicted molar refractivity (Wildman–Crippen MR) is 128 cm³/mol. The van der Waals surface area contributed by atoms with Crippen LogP contribution in [0.1, 0.15) is 66.0 Å². The molecule has 0 aliphatic carbocycles. The van der Waals surface area contributed by atoms with Gasteiger partial charge in [-0.2, -0.15) is 12.6 Å². The molecule has 3 N–H and O–H groups in total. The van der Waals surface area contributed by atoms with Crippen LogP contribution < -0.4 is 10.6 Å². The Morgan fingerprint density at radius 2 is 1.84 bits per heavy atom. The zero-order chi connectivity index (χ0) is 24.5. The lowest BCUT2D eigenvalue weighted by Gasteiger charge is -2.34. The zero-order valence-electron chi connectivity index (χ0n) is 19.8. The van der Waals surface area contributed by atoms with Crippen LogP contribution in [0.25, 0.3) is 0 Å². The summed E-state index contributed by atoms with van der Waals surface area (Å²) < 4.78 is 5.25. The van der Waals surface area contributed by atoms with E-state index in [2.05, 4.69) is 23.3 Å². The first-order chi connectivity index (χ1) is 14.9. The Kier molecular flexibility index (Phi) is 10.9. The third-order valence-corrected chi connectivity index (χ3v) is 5.02. The first kappa shape index (κ1) is 27.6. The fourth-order valence-electron chi connectivity index (χ4n) is 3.30. The van der Waals surface area contributed by atoms with Crippen molar-refractivity contribution in [1.82, 2.24) is 15.5 Å². The molecule has 0 radical (unpaired) electrons. The summed E-state index contributed by atoms with van der Waals surface area (Å²) in [4.78, 5) is 40.2. The molecule has 0 spiro atoms. The molecule has 0 bridgehead atoms. The van der Waals surface area contributed by atoms with Crippen molar-refractivity contribution in [3.8, 4) is 5.75 Å². The van der Waals surface area contributed by atoms with Crippen molar-refractivity contribution in [2.45, 2.75) is 78.1 Å². The van der Waals surface area contributed by atoms with Crippen molar-refractivity contribution in [2.24, 2.45) is 0 Å². The molecular formula is C23H37N3O5S. The molecule has 3 unspecified atom stereocenters. The summed E-state index contributed by atoms with van der Waals surface area (Å²) in [5, 5.41) is 15.5. The predicted octanol–water partition coefficient (Wildman–Crippen LogP) is 3.41. The number of carbonyl (C=O) groups excluding carboxylic acids is 3. The standard InChI is InChI=1S/C23H37N3O5S/c1-7-10-15(3)24-20(28)19(16-11-9-12-17(27)13-16)26(8-2)21(29)18(14-32)25-22(30)31-23(4,5)6/h9,11-13,15,18-19,27,32H,7-8,10,14H2,1-6H3,(H,24,28)(H,25,30). The van der Waals surface area contributed by atoms with E-state index in [4.69, 9.17) is 4.74 Å². The van der Waals surface area contributed by atoms with Crippen LogP contribution in [0.5, 0.6) is 5.75 Å². The van der Waals surface area contributed by atoms with Gasteiger partial charge >= 0.3 is 6.09 Å². The molecule has 0 aliphatic rings. The van der Waals surface area contributed by atoms with Gasteiger partial charge in [-0.25, -0.2) is 4.79 Å². The minimum Gasteiger partial charge on any atom is -0.508 e. The fraction of sp³-hybridized carbons (Fsp3) is 0.609. The average Bonchev–Trinajstić information content (AvgIpc) is 2.68. The van der Waals surface area contributed by atoms with Crippen molar-refractivity contribution in [1.29, 1.82) is 0 Å². The summed E-state index contributed by atoms with van der Waals surface area (Å²) in [7, 11) is 0. The van der Waals surface area contributed by atoms with E-state index in [1.165, 1.54) is 17.0 Å². The molecule has 8 nitrogen and oxygen atoms in total. The number of nitrogens with zero attached hydrogens (tertiary/aromatic N) is 1. The Bertz CT molecular complexity index is 781. The van der Waals surface area contributed by atoms with Crippen LogP contribution in [-0.2, 0) is 14.3 Å². The van der Waals surface area contributed by atoms with E-state index in [-0.39, 0.29) is 30.0 Å². The number of carbonyl (C=O) groups is 3. The summed E-state index contributed by atoms with van der Waals surface area (Å²) in [6.45, 7) is 11.1. The molecule has 1 aromatic rings. The minimum atomic E-state index is -0.992. The van der Waals surface area contributed by atoms with Gasteiger partial charge in [0.1, 0.15) is 23.4 Å². The van der Waals surface area contributed by atoms with Gasteiger partial charge in [0.15, 0.2) is 0 Å². The number of thiol groups is 1. The van der Waals surface area contributed by atoms with Crippen LogP contribution in [0.3, 0.4) is 0 Å². The summed E-state index contributed by atoms with van der Waals surface area (Å²) in [5.41, 5.74) is -0.255. The lowest BCUT2D eigenvalue weighted by atomic mass is 10.0. The zero-order valence-corrected chi connectivity index (χ0v) is 20.7. The smallest absolute Gasteiger partial charge is 0.408 e. The number of ether oxygens (including phenoxy) is 1. The number of nitrogens with one attached hydrogen (secondary N) is 2. The molecule has 32 heavy (non-hydrogen) atoms. The number of amides is 3. The van der Waals surface area contributed by atoms with Gasteiger partial charge in [0, 0.05) is 18.3 Å². The Morgan fingerprint density at radius 3 is 2.34 bits per heavy atom. The molecule has 0 saturated heterocycles. The maximum atomic E-state index is 13.4. The summed E-state index contributed by atoms with van der Waals surface area (Å²) in [6.07, 6.45) is 0.949. The number of hydrogen-bond donors (Lipinski definition) is 4. The van der Waals surface area contributed by atoms with Gasteiger partial charge in [0.25, 0.3) is 0 Å². The van der Waals surface area contributed by atoms with Gasteiger partial charge in [-0.3, -0.25) is 9.59 Å². The van der Waals surface area contributed by atoms with Gasteiger partial charge in [0.05, 0.1) is 0 Å². The van der Waals surface area contributed by atoms with E-state index < -0.39 is 29.7 Å². The second-order valence-electron chi connectivity index (χ2n) is 8.70. The monoisotopic (exact) mass is 467 g/mol. The van der Waals surface area contributed by atoms with E-state index in [1.54, 1.807) is 39.8 Å². The van der Waals surface area contributed by atoms with Gasteiger partial charge in [-0.05, 0) is 58.7 Å². The van der Waals surface area contributed by atoms with Crippen LogP contribution in [0.15, 0.2) is 24.3 Å². The first-order valence-corrected chi connectivity index (χ1v) is 11.6. The van der Waals surface area contributed by atoms with Crippen LogP contribution in [0, 0.1) is 0 Å². The number of aromatic hydroxyl groups is 1.